The van der Waals surface area contributed by atoms with Gasteiger partial charge in [0.1, 0.15) is 11.6 Å². The standard InChI is InChI=1S/C18H16FN5O/c1-10-5-16(24-17(21-10)6-11(2)23-24)20-9-13-7-12-3-4-14(19)8-15(12)22-18(13)25/h3-8,20H,9H2,1-2H3,(H,22,25). The molecule has 7 heteroatoms. The molecule has 0 spiro atoms. The zero-order valence-corrected chi connectivity index (χ0v) is 13.8. The number of aromatic nitrogens is 4. The lowest BCUT2D eigenvalue weighted by Crippen LogP contribution is -2.17. The van der Waals surface area contributed by atoms with Crippen LogP contribution in [0.25, 0.3) is 16.6 Å². The highest BCUT2D eigenvalue weighted by atomic mass is 19.1. The van der Waals surface area contributed by atoms with Gasteiger partial charge in [-0.1, -0.05) is 0 Å². The van der Waals surface area contributed by atoms with E-state index in [1.807, 2.05) is 26.0 Å². The van der Waals surface area contributed by atoms with Gasteiger partial charge < -0.3 is 10.3 Å². The van der Waals surface area contributed by atoms with Gasteiger partial charge in [0.15, 0.2) is 5.65 Å². The molecule has 4 rings (SSSR count). The fourth-order valence-corrected chi connectivity index (χ4v) is 2.88. The molecule has 0 fully saturated rings. The van der Waals surface area contributed by atoms with Crippen molar-refractivity contribution in [1.29, 1.82) is 0 Å². The van der Waals surface area contributed by atoms with Crippen molar-refractivity contribution in [2.24, 2.45) is 0 Å². The summed E-state index contributed by atoms with van der Waals surface area (Å²) in [6, 6.07) is 9.88. The molecular formula is C18H16FN5O. The predicted molar refractivity (Wildman–Crippen MR) is 94.3 cm³/mol. The second kappa shape index (κ2) is 5.70. The van der Waals surface area contributed by atoms with Gasteiger partial charge in [-0.3, -0.25) is 4.79 Å². The van der Waals surface area contributed by atoms with Crippen LogP contribution in [-0.4, -0.2) is 19.6 Å². The Balaban J connectivity index is 1.70. The molecule has 2 N–H and O–H groups in total. The molecule has 0 saturated carbocycles. The number of hydrogen-bond acceptors (Lipinski definition) is 4. The highest BCUT2D eigenvalue weighted by Crippen LogP contribution is 2.16. The van der Waals surface area contributed by atoms with E-state index in [0.29, 0.717) is 17.6 Å². The number of halogens is 1. The van der Waals surface area contributed by atoms with Crippen molar-refractivity contribution in [2.75, 3.05) is 5.32 Å². The lowest BCUT2D eigenvalue weighted by atomic mass is 10.1. The third-order valence-corrected chi connectivity index (χ3v) is 4.02. The molecule has 0 unspecified atom stereocenters. The molecule has 1 aromatic carbocycles. The topological polar surface area (TPSA) is 75.1 Å². The highest BCUT2D eigenvalue weighted by molar-refractivity contribution is 5.78. The van der Waals surface area contributed by atoms with E-state index in [2.05, 4.69) is 20.4 Å². The lowest BCUT2D eigenvalue weighted by Gasteiger charge is -2.09. The fraction of sp³-hybridized carbons (Fsp3) is 0.167. The summed E-state index contributed by atoms with van der Waals surface area (Å²) in [6.07, 6.45) is 0. The third kappa shape index (κ3) is 2.84. The van der Waals surface area contributed by atoms with Gasteiger partial charge in [-0.2, -0.15) is 9.61 Å². The lowest BCUT2D eigenvalue weighted by molar-refractivity contribution is 0.629. The Labute approximate surface area is 142 Å². The zero-order valence-electron chi connectivity index (χ0n) is 13.8. The van der Waals surface area contributed by atoms with E-state index in [-0.39, 0.29) is 11.4 Å². The summed E-state index contributed by atoms with van der Waals surface area (Å²) >= 11 is 0. The molecule has 0 amide bonds. The van der Waals surface area contributed by atoms with Crippen molar-refractivity contribution in [2.45, 2.75) is 20.4 Å². The van der Waals surface area contributed by atoms with Gasteiger partial charge in [-0.05, 0) is 43.5 Å². The molecule has 25 heavy (non-hydrogen) atoms. The highest BCUT2D eigenvalue weighted by Gasteiger charge is 2.08. The van der Waals surface area contributed by atoms with E-state index in [4.69, 9.17) is 0 Å². The summed E-state index contributed by atoms with van der Waals surface area (Å²) in [4.78, 5) is 19.4. The predicted octanol–water partition coefficient (Wildman–Crippen LogP) is 2.94. The van der Waals surface area contributed by atoms with Gasteiger partial charge in [0.25, 0.3) is 5.56 Å². The molecule has 0 radical (unpaired) electrons. The average molecular weight is 337 g/mol. The first kappa shape index (κ1) is 15.3. The number of aromatic amines is 1. The van der Waals surface area contributed by atoms with Crippen LogP contribution in [0.15, 0.2) is 41.2 Å². The van der Waals surface area contributed by atoms with Crippen molar-refractivity contribution in [3.8, 4) is 0 Å². The smallest absolute Gasteiger partial charge is 0.253 e. The Morgan fingerprint density at radius 3 is 2.84 bits per heavy atom. The number of benzene rings is 1. The Hall–Kier alpha value is -3.22. The number of rotatable bonds is 3. The number of hydrogen-bond donors (Lipinski definition) is 2. The Morgan fingerprint density at radius 1 is 1.16 bits per heavy atom. The first-order valence-electron chi connectivity index (χ1n) is 7.89. The van der Waals surface area contributed by atoms with Crippen molar-refractivity contribution in [3.05, 3.63) is 69.5 Å². The molecule has 3 aromatic heterocycles. The number of H-pyrrole nitrogens is 1. The van der Waals surface area contributed by atoms with Crippen LogP contribution in [-0.2, 0) is 6.54 Å². The van der Waals surface area contributed by atoms with Crippen LogP contribution >= 0.6 is 0 Å². The molecule has 4 aromatic rings. The van der Waals surface area contributed by atoms with E-state index in [9.17, 15) is 9.18 Å². The van der Waals surface area contributed by atoms with Crippen molar-refractivity contribution in [3.63, 3.8) is 0 Å². The molecule has 126 valence electrons. The van der Waals surface area contributed by atoms with Crippen LogP contribution < -0.4 is 10.9 Å². The fourth-order valence-electron chi connectivity index (χ4n) is 2.88. The van der Waals surface area contributed by atoms with Gasteiger partial charge in [-0.25, -0.2) is 9.37 Å². The Bertz CT molecular complexity index is 1160. The van der Waals surface area contributed by atoms with Crippen molar-refractivity contribution >= 4 is 22.4 Å². The van der Waals surface area contributed by atoms with E-state index >= 15 is 0 Å². The van der Waals surface area contributed by atoms with E-state index < -0.39 is 0 Å². The van der Waals surface area contributed by atoms with Crippen LogP contribution in [0.2, 0.25) is 0 Å². The van der Waals surface area contributed by atoms with E-state index in [1.165, 1.54) is 12.1 Å². The quantitative estimate of drug-likeness (QED) is 0.603. The molecule has 0 atom stereocenters. The third-order valence-electron chi connectivity index (χ3n) is 4.02. The van der Waals surface area contributed by atoms with Crippen LogP contribution in [0.3, 0.4) is 0 Å². The van der Waals surface area contributed by atoms with Crippen LogP contribution in [0, 0.1) is 19.7 Å². The molecule has 3 heterocycles. The minimum Gasteiger partial charge on any atom is -0.366 e. The Kier molecular flexibility index (Phi) is 3.49. The number of nitrogens with one attached hydrogen (secondary N) is 2. The van der Waals surface area contributed by atoms with Gasteiger partial charge in [0, 0.05) is 29.9 Å². The number of fused-ring (bicyclic) bond motifs is 2. The maximum atomic E-state index is 13.3. The molecule has 0 aliphatic carbocycles. The summed E-state index contributed by atoms with van der Waals surface area (Å²) in [5, 5.41) is 8.44. The number of aryl methyl sites for hydroxylation is 2. The van der Waals surface area contributed by atoms with E-state index in [1.54, 1.807) is 16.6 Å². The number of nitrogens with zero attached hydrogens (tertiary/aromatic N) is 3. The molecule has 0 saturated heterocycles. The summed E-state index contributed by atoms with van der Waals surface area (Å²) in [6.45, 7) is 4.13. The molecular weight excluding hydrogens is 321 g/mol. The van der Waals surface area contributed by atoms with Gasteiger partial charge >= 0.3 is 0 Å². The maximum Gasteiger partial charge on any atom is 0.253 e. The van der Waals surface area contributed by atoms with Gasteiger partial charge in [0.05, 0.1) is 11.2 Å². The van der Waals surface area contributed by atoms with Gasteiger partial charge in [-0.15, -0.1) is 0 Å². The minimum atomic E-state index is -0.377. The normalized spacial score (nSPS) is 11.3. The summed E-state index contributed by atoms with van der Waals surface area (Å²) in [5.41, 5.74) is 3.28. The largest absolute Gasteiger partial charge is 0.366 e. The second-order valence-corrected chi connectivity index (χ2v) is 6.05. The van der Waals surface area contributed by atoms with Crippen LogP contribution in [0.1, 0.15) is 17.0 Å². The molecule has 0 bridgehead atoms. The molecule has 6 nitrogen and oxygen atoms in total. The number of pyridine rings is 1. The van der Waals surface area contributed by atoms with Crippen molar-refractivity contribution < 1.29 is 4.39 Å². The summed E-state index contributed by atoms with van der Waals surface area (Å²) in [7, 11) is 0. The van der Waals surface area contributed by atoms with E-state index in [0.717, 1.165) is 28.2 Å². The van der Waals surface area contributed by atoms with Crippen LogP contribution in [0.5, 0.6) is 0 Å². The van der Waals surface area contributed by atoms with Gasteiger partial charge in [0.2, 0.25) is 0 Å². The maximum absolute atomic E-state index is 13.3. The average Bonchev–Trinajstić information content (AvgIpc) is 2.92. The van der Waals surface area contributed by atoms with Crippen LogP contribution in [0.4, 0.5) is 10.2 Å². The Morgan fingerprint density at radius 2 is 2.00 bits per heavy atom. The SMILES string of the molecule is Cc1cc(NCc2cc3ccc(F)cc3[nH]c2=O)n2nc(C)cc2n1. The zero-order chi connectivity index (χ0) is 17.6. The van der Waals surface area contributed by atoms with Crippen molar-refractivity contribution in [1.82, 2.24) is 19.6 Å². The first-order valence-corrected chi connectivity index (χ1v) is 7.89. The number of anilines is 1. The molecule has 0 aliphatic heterocycles. The monoisotopic (exact) mass is 337 g/mol. The second-order valence-electron chi connectivity index (χ2n) is 6.05. The minimum absolute atomic E-state index is 0.246. The molecule has 0 aliphatic rings. The first-order chi connectivity index (χ1) is 12.0. The summed E-state index contributed by atoms with van der Waals surface area (Å²) < 4.78 is 15.0. The summed E-state index contributed by atoms with van der Waals surface area (Å²) in [5.74, 6) is 0.381.